The van der Waals surface area contributed by atoms with E-state index in [0.717, 1.165) is 38.2 Å². The second-order valence-corrected chi connectivity index (χ2v) is 5.17. The molecular formula is C14H19ClN2O2. The van der Waals surface area contributed by atoms with Gasteiger partial charge in [-0.15, -0.1) is 0 Å². The highest BCUT2D eigenvalue weighted by molar-refractivity contribution is 6.30. The third kappa shape index (κ3) is 5.09. The quantitative estimate of drug-likeness (QED) is 0.890. The molecule has 0 radical (unpaired) electrons. The molecular weight excluding hydrogens is 264 g/mol. The van der Waals surface area contributed by atoms with Crippen LogP contribution in [0.1, 0.15) is 19.3 Å². The van der Waals surface area contributed by atoms with Gasteiger partial charge in [0.1, 0.15) is 0 Å². The molecule has 1 heterocycles. The van der Waals surface area contributed by atoms with Crippen LogP contribution >= 0.6 is 11.6 Å². The second-order valence-electron chi connectivity index (χ2n) is 4.73. The zero-order valence-electron chi connectivity index (χ0n) is 10.8. The smallest absolute Gasteiger partial charge is 0.319 e. The Morgan fingerprint density at radius 3 is 2.63 bits per heavy atom. The van der Waals surface area contributed by atoms with Crippen LogP contribution < -0.4 is 10.6 Å². The Labute approximate surface area is 118 Å². The van der Waals surface area contributed by atoms with Crippen LogP contribution in [0.25, 0.3) is 0 Å². The van der Waals surface area contributed by atoms with Crippen molar-refractivity contribution in [3.8, 4) is 0 Å². The Morgan fingerprint density at radius 2 is 1.95 bits per heavy atom. The average molecular weight is 283 g/mol. The Bertz CT molecular complexity index is 402. The number of halogens is 1. The van der Waals surface area contributed by atoms with Gasteiger partial charge in [0.2, 0.25) is 0 Å². The first-order valence-corrected chi connectivity index (χ1v) is 7.00. The van der Waals surface area contributed by atoms with Gasteiger partial charge in [0.25, 0.3) is 0 Å². The van der Waals surface area contributed by atoms with E-state index >= 15 is 0 Å². The normalized spacial score (nSPS) is 16.1. The maximum Gasteiger partial charge on any atom is 0.319 e. The van der Waals surface area contributed by atoms with Gasteiger partial charge in [-0.3, -0.25) is 0 Å². The standard InChI is InChI=1S/C14H19ClN2O2/c15-12-1-3-13(4-2-12)17-14(18)16-8-5-11-6-9-19-10-7-11/h1-4,11H,5-10H2,(H2,16,17,18). The first-order valence-electron chi connectivity index (χ1n) is 6.62. The fourth-order valence-corrected chi connectivity index (χ4v) is 2.26. The highest BCUT2D eigenvalue weighted by Crippen LogP contribution is 2.17. The van der Waals surface area contributed by atoms with Crippen molar-refractivity contribution in [3.05, 3.63) is 29.3 Å². The summed E-state index contributed by atoms with van der Waals surface area (Å²) in [6, 6.07) is 6.88. The molecule has 1 saturated heterocycles. The number of rotatable bonds is 4. The van der Waals surface area contributed by atoms with Gasteiger partial charge in [0, 0.05) is 30.5 Å². The molecule has 2 N–H and O–H groups in total. The highest BCUT2D eigenvalue weighted by Gasteiger charge is 2.13. The highest BCUT2D eigenvalue weighted by atomic mass is 35.5. The van der Waals surface area contributed by atoms with E-state index in [2.05, 4.69) is 10.6 Å². The molecule has 1 aromatic carbocycles. The summed E-state index contributed by atoms with van der Waals surface area (Å²) in [4.78, 5) is 11.7. The van der Waals surface area contributed by atoms with E-state index in [1.54, 1.807) is 24.3 Å². The molecule has 2 amide bonds. The number of nitrogens with one attached hydrogen (secondary N) is 2. The molecule has 19 heavy (non-hydrogen) atoms. The van der Waals surface area contributed by atoms with Crippen LogP contribution in [0.15, 0.2) is 24.3 Å². The fraction of sp³-hybridized carbons (Fsp3) is 0.500. The van der Waals surface area contributed by atoms with Crippen molar-refractivity contribution < 1.29 is 9.53 Å². The average Bonchev–Trinajstić information content (AvgIpc) is 2.43. The number of anilines is 1. The summed E-state index contributed by atoms with van der Waals surface area (Å²) < 4.78 is 5.31. The molecule has 2 rings (SSSR count). The molecule has 104 valence electrons. The van der Waals surface area contributed by atoms with E-state index in [9.17, 15) is 4.79 Å². The molecule has 5 heteroatoms. The first-order chi connectivity index (χ1) is 9.24. The summed E-state index contributed by atoms with van der Waals surface area (Å²) in [5.74, 6) is 0.671. The minimum atomic E-state index is -0.172. The van der Waals surface area contributed by atoms with Crippen molar-refractivity contribution in [2.24, 2.45) is 5.92 Å². The Kier molecular flexibility index (Phi) is 5.48. The minimum absolute atomic E-state index is 0.172. The number of carbonyl (C=O) groups excluding carboxylic acids is 1. The summed E-state index contributed by atoms with van der Waals surface area (Å²) >= 11 is 5.78. The molecule has 0 atom stereocenters. The molecule has 0 spiro atoms. The van der Waals surface area contributed by atoms with Crippen molar-refractivity contribution in [3.63, 3.8) is 0 Å². The maximum atomic E-state index is 11.7. The van der Waals surface area contributed by atoms with Crippen LogP contribution in [0, 0.1) is 5.92 Å². The second kappa shape index (κ2) is 7.36. The molecule has 0 aliphatic carbocycles. The van der Waals surface area contributed by atoms with E-state index in [1.807, 2.05) is 0 Å². The number of hydrogen-bond acceptors (Lipinski definition) is 2. The van der Waals surface area contributed by atoms with Gasteiger partial charge >= 0.3 is 6.03 Å². The van der Waals surface area contributed by atoms with E-state index in [-0.39, 0.29) is 6.03 Å². The van der Waals surface area contributed by atoms with Crippen molar-refractivity contribution in [2.75, 3.05) is 25.1 Å². The Morgan fingerprint density at radius 1 is 1.26 bits per heavy atom. The zero-order chi connectivity index (χ0) is 13.5. The number of benzene rings is 1. The number of carbonyl (C=O) groups is 1. The van der Waals surface area contributed by atoms with Gasteiger partial charge in [-0.1, -0.05) is 11.6 Å². The van der Waals surface area contributed by atoms with Crippen molar-refractivity contribution >= 4 is 23.3 Å². The molecule has 4 nitrogen and oxygen atoms in total. The van der Waals surface area contributed by atoms with Crippen LogP contribution in [0.3, 0.4) is 0 Å². The van der Waals surface area contributed by atoms with Crippen LogP contribution in [-0.2, 0) is 4.74 Å². The molecule has 1 aromatic rings. The lowest BCUT2D eigenvalue weighted by Crippen LogP contribution is -2.31. The van der Waals surface area contributed by atoms with Crippen LogP contribution in [-0.4, -0.2) is 25.8 Å². The molecule has 1 aliphatic rings. The molecule has 0 saturated carbocycles. The SMILES string of the molecule is O=C(NCCC1CCOCC1)Nc1ccc(Cl)cc1. The van der Waals surface area contributed by atoms with Gasteiger partial charge in [-0.05, 0) is 49.4 Å². The van der Waals surface area contributed by atoms with Gasteiger partial charge in [-0.25, -0.2) is 4.79 Å². The van der Waals surface area contributed by atoms with E-state index in [0.29, 0.717) is 17.5 Å². The first kappa shape index (κ1) is 14.2. The summed E-state index contributed by atoms with van der Waals surface area (Å²) in [6.07, 6.45) is 3.21. The van der Waals surface area contributed by atoms with E-state index < -0.39 is 0 Å². The van der Waals surface area contributed by atoms with Gasteiger partial charge in [0.05, 0.1) is 0 Å². The largest absolute Gasteiger partial charge is 0.381 e. The van der Waals surface area contributed by atoms with Gasteiger partial charge in [-0.2, -0.15) is 0 Å². The third-order valence-corrected chi connectivity index (χ3v) is 3.53. The lowest BCUT2D eigenvalue weighted by Gasteiger charge is -2.21. The zero-order valence-corrected chi connectivity index (χ0v) is 11.6. The van der Waals surface area contributed by atoms with Crippen LogP contribution in [0.2, 0.25) is 5.02 Å². The predicted octanol–water partition coefficient (Wildman–Crippen LogP) is 3.28. The number of urea groups is 1. The number of ether oxygens (including phenoxy) is 1. The Balaban J connectivity index is 1.65. The third-order valence-electron chi connectivity index (χ3n) is 3.28. The molecule has 0 aromatic heterocycles. The molecule has 1 fully saturated rings. The van der Waals surface area contributed by atoms with E-state index in [1.165, 1.54) is 0 Å². The monoisotopic (exact) mass is 282 g/mol. The topological polar surface area (TPSA) is 50.4 Å². The molecule has 0 unspecified atom stereocenters. The lowest BCUT2D eigenvalue weighted by molar-refractivity contribution is 0.0642. The van der Waals surface area contributed by atoms with Gasteiger partial charge < -0.3 is 15.4 Å². The maximum absolute atomic E-state index is 11.7. The lowest BCUT2D eigenvalue weighted by atomic mass is 9.97. The van der Waals surface area contributed by atoms with Gasteiger partial charge in [0.15, 0.2) is 0 Å². The summed E-state index contributed by atoms with van der Waals surface area (Å²) in [5, 5.41) is 6.30. The summed E-state index contributed by atoms with van der Waals surface area (Å²) in [5.41, 5.74) is 0.743. The predicted molar refractivity (Wildman–Crippen MR) is 76.6 cm³/mol. The summed E-state index contributed by atoms with van der Waals surface area (Å²) in [7, 11) is 0. The molecule has 0 bridgehead atoms. The fourth-order valence-electron chi connectivity index (χ4n) is 2.13. The summed E-state index contributed by atoms with van der Waals surface area (Å²) in [6.45, 7) is 2.40. The number of hydrogen-bond donors (Lipinski definition) is 2. The van der Waals surface area contributed by atoms with Crippen LogP contribution in [0.4, 0.5) is 10.5 Å². The van der Waals surface area contributed by atoms with Crippen molar-refractivity contribution in [1.29, 1.82) is 0 Å². The minimum Gasteiger partial charge on any atom is -0.381 e. The Hall–Kier alpha value is -1.26. The molecule has 1 aliphatic heterocycles. The van der Waals surface area contributed by atoms with Crippen molar-refractivity contribution in [2.45, 2.75) is 19.3 Å². The van der Waals surface area contributed by atoms with Crippen LogP contribution in [0.5, 0.6) is 0 Å². The van der Waals surface area contributed by atoms with Crippen molar-refractivity contribution in [1.82, 2.24) is 5.32 Å². The number of amides is 2. The van der Waals surface area contributed by atoms with E-state index in [4.69, 9.17) is 16.3 Å².